The molecule has 0 aliphatic rings. The second-order valence-corrected chi connectivity index (χ2v) is 19.1. The summed E-state index contributed by atoms with van der Waals surface area (Å²) in [4.78, 5) is 14.5. The Labute approximate surface area is 410 Å². The smallest absolute Gasteiger partial charge is 0.124 e. The van der Waals surface area contributed by atoms with Gasteiger partial charge in [-0.1, -0.05) is 133 Å². The van der Waals surface area contributed by atoms with E-state index in [0.717, 1.165) is 72.7 Å². The van der Waals surface area contributed by atoms with Gasteiger partial charge in [-0.15, -0.1) is 22.7 Å². The highest BCUT2D eigenvalue weighted by atomic mass is 32.1. The molecular formula is C63H44N4S2. The average molecular weight is 921 g/mol. The third-order valence-electron chi connectivity index (χ3n) is 12.5. The molecule has 328 valence electrons. The first kappa shape index (κ1) is 42.0. The lowest BCUT2D eigenvalue weighted by atomic mass is 9.96. The van der Waals surface area contributed by atoms with E-state index in [1.54, 1.807) is 22.7 Å². The fourth-order valence-electron chi connectivity index (χ4n) is 9.15. The van der Waals surface area contributed by atoms with Gasteiger partial charge < -0.3 is 9.80 Å². The minimum absolute atomic E-state index is 0.815. The molecule has 0 N–H and O–H groups in total. The molecule has 0 amide bonds. The van der Waals surface area contributed by atoms with Crippen molar-refractivity contribution in [2.24, 2.45) is 0 Å². The normalized spacial score (nSPS) is 11.2. The number of rotatable bonds is 12. The van der Waals surface area contributed by atoms with Gasteiger partial charge >= 0.3 is 0 Å². The molecule has 0 aliphatic carbocycles. The van der Waals surface area contributed by atoms with Crippen LogP contribution in [0.2, 0.25) is 0 Å². The Morgan fingerprint density at radius 1 is 0.275 bits per heavy atom. The van der Waals surface area contributed by atoms with Crippen molar-refractivity contribution >= 4 is 77.2 Å². The Hall–Kier alpha value is -8.42. The maximum Gasteiger partial charge on any atom is 0.124 e. The minimum Gasteiger partial charge on any atom is -0.310 e. The second kappa shape index (κ2) is 18.7. The zero-order valence-electron chi connectivity index (χ0n) is 37.6. The summed E-state index contributed by atoms with van der Waals surface area (Å²) in [5.41, 5.74) is 18.1. The third-order valence-corrected chi connectivity index (χ3v) is 14.7. The number of hydrogen-bond donors (Lipinski definition) is 0. The summed E-state index contributed by atoms with van der Waals surface area (Å²) in [7, 11) is 0. The lowest BCUT2D eigenvalue weighted by Gasteiger charge is -2.26. The van der Waals surface area contributed by atoms with Gasteiger partial charge in [0.1, 0.15) is 10.0 Å². The molecule has 10 aromatic carbocycles. The van der Waals surface area contributed by atoms with Crippen molar-refractivity contribution in [3.8, 4) is 43.4 Å². The molecule has 0 saturated heterocycles. The van der Waals surface area contributed by atoms with Gasteiger partial charge in [-0.05, 0) is 161 Å². The maximum atomic E-state index is 4.91. The lowest BCUT2D eigenvalue weighted by Crippen LogP contribution is -2.09. The average Bonchev–Trinajstić information content (AvgIpc) is 4.06. The molecule has 2 aromatic heterocycles. The molecule has 2 heterocycles. The Morgan fingerprint density at radius 3 is 1.04 bits per heavy atom. The van der Waals surface area contributed by atoms with Gasteiger partial charge in [-0.2, -0.15) is 0 Å². The van der Waals surface area contributed by atoms with E-state index in [-0.39, 0.29) is 0 Å². The van der Waals surface area contributed by atoms with Crippen LogP contribution in [-0.2, 0) is 6.42 Å². The summed E-state index contributed by atoms with van der Waals surface area (Å²) in [6.07, 6.45) is 0.815. The van der Waals surface area contributed by atoms with E-state index in [4.69, 9.17) is 9.97 Å². The van der Waals surface area contributed by atoms with E-state index in [0.29, 0.717) is 0 Å². The van der Waals surface area contributed by atoms with Gasteiger partial charge in [0.15, 0.2) is 0 Å². The fourth-order valence-corrected chi connectivity index (χ4v) is 11.1. The number of para-hydroxylation sites is 4. The molecule has 0 bridgehead atoms. The fraction of sp³-hybridized carbons (Fsp3) is 0.0159. The molecular weight excluding hydrogens is 877 g/mol. The molecule has 4 nitrogen and oxygen atoms in total. The van der Waals surface area contributed by atoms with Gasteiger partial charge in [0.25, 0.3) is 0 Å². The van der Waals surface area contributed by atoms with Crippen molar-refractivity contribution in [2.75, 3.05) is 9.80 Å². The van der Waals surface area contributed by atoms with Gasteiger partial charge in [0, 0.05) is 45.3 Å². The summed E-state index contributed by atoms with van der Waals surface area (Å²) in [6.45, 7) is 0. The van der Waals surface area contributed by atoms with Crippen molar-refractivity contribution < 1.29 is 0 Å². The molecule has 12 rings (SSSR count). The molecule has 0 spiro atoms. The molecule has 0 unspecified atom stereocenters. The summed E-state index contributed by atoms with van der Waals surface area (Å²) in [5, 5.41) is 2.06. The predicted molar refractivity (Wildman–Crippen MR) is 293 cm³/mol. The second-order valence-electron chi connectivity index (χ2n) is 17.1. The Morgan fingerprint density at radius 2 is 0.623 bits per heavy atom. The molecule has 69 heavy (non-hydrogen) atoms. The first-order chi connectivity index (χ1) is 34.1. The number of benzene rings is 10. The van der Waals surface area contributed by atoms with E-state index in [2.05, 4.69) is 252 Å². The van der Waals surface area contributed by atoms with Crippen LogP contribution in [0.15, 0.2) is 255 Å². The Kier molecular flexibility index (Phi) is 11.4. The van der Waals surface area contributed by atoms with Crippen molar-refractivity contribution in [1.29, 1.82) is 0 Å². The first-order valence-electron chi connectivity index (χ1n) is 23.2. The van der Waals surface area contributed by atoms with Crippen LogP contribution in [0.25, 0.3) is 63.8 Å². The number of aromatic nitrogens is 2. The first-order valence-corrected chi connectivity index (χ1v) is 24.8. The van der Waals surface area contributed by atoms with Crippen LogP contribution in [0.4, 0.5) is 34.1 Å². The zero-order valence-corrected chi connectivity index (χ0v) is 39.2. The molecule has 0 fully saturated rings. The summed E-state index contributed by atoms with van der Waals surface area (Å²) >= 11 is 3.46. The van der Waals surface area contributed by atoms with Gasteiger partial charge in [-0.25, -0.2) is 9.97 Å². The van der Waals surface area contributed by atoms with Gasteiger partial charge in [0.2, 0.25) is 0 Å². The highest BCUT2D eigenvalue weighted by Crippen LogP contribution is 2.41. The number of hydrogen-bond acceptors (Lipinski definition) is 6. The molecule has 0 aliphatic heterocycles. The molecule has 0 atom stereocenters. The van der Waals surface area contributed by atoms with Crippen LogP contribution >= 0.6 is 22.7 Å². The minimum atomic E-state index is 0.815. The molecule has 0 saturated carbocycles. The standard InChI is InChI=1S/C63H44N4S2/c1-3-21-52(22-4-1)66(54-35-31-46(32-36-54)62-64-58-27-7-9-29-60(58)68-62)56-25-13-19-50(42-56)48-17-11-15-44(40-48)39-45-16-12-18-49(41-45)51-20-14-26-57(43-51)67(53-23-5-2-6-24-53)55-37-33-47(34-38-55)63-65-59-28-8-10-30-61(59)69-63/h1-38,40-43H,39H2. The zero-order chi connectivity index (χ0) is 45.9. The molecule has 0 radical (unpaired) electrons. The number of thiazole rings is 2. The summed E-state index contributed by atoms with van der Waals surface area (Å²) < 4.78 is 2.40. The predicted octanol–water partition coefficient (Wildman–Crippen LogP) is 18.1. The van der Waals surface area contributed by atoms with Crippen LogP contribution in [0.5, 0.6) is 0 Å². The molecule has 12 aromatic rings. The van der Waals surface area contributed by atoms with E-state index >= 15 is 0 Å². The van der Waals surface area contributed by atoms with Crippen LogP contribution in [0.1, 0.15) is 11.1 Å². The van der Waals surface area contributed by atoms with Gasteiger partial charge in [-0.3, -0.25) is 0 Å². The quantitative estimate of drug-likeness (QED) is 0.122. The Bertz CT molecular complexity index is 3400. The van der Waals surface area contributed by atoms with E-state index in [9.17, 15) is 0 Å². The van der Waals surface area contributed by atoms with Crippen LogP contribution in [0, 0.1) is 0 Å². The third kappa shape index (κ3) is 8.83. The number of nitrogens with zero attached hydrogens (tertiary/aromatic N) is 4. The highest BCUT2D eigenvalue weighted by molar-refractivity contribution is 7.22. The van der Waals surface area contributed by atoms with Crippen molar-refractivity contribution in [1.82, 2.24) is 9.97 Å². The Balaban J connectivity index is 0.804. The monoisotopic (exact) mass is 920 g/mol. The molecule has 6 heteroatoms. The lowest BCUT2D eigenvalue weighted by molar-refractivity contribution is 1.19. The number of anilines is 6. The van der Waals surface area contributed by atoms with E-state index in [1.165, 1.54) is 42.8 Å². The summed E-state index contributed by atoms with van der Waals surface area (Å²) in [6, 6.07) is 91.2. The van der Waals surface area contributed by atoms with E-state index in [1.807, 2.05) is 12.1 Å². The van der Waals surface area contributed by atoms with Crippen molar-refractivity contribution in [3.63, 3.8) is 0 Å². The summed E-state index contributed by atoms with van der Waals surface area (Å²) in [5.74, 6) is 0. The van der Waals surface area contributed by atoms with E-state index < -0.39 is 0 Å². The number of fused-ring (bicyclic) bond motifs is 2. The van der Waals surface area contributed by atoms with Crippen LogP contribution in [0.3, 0.4) is 0 Å². The maximum absolute atomic E-state index is 4.91. The van der Waals surface area contributed by atoms with Crippen LogP contribution in [-0.4, -0.2) is 9.97 Å². The van der Waals surface area contributed by atoms with Crippen molar-refractivity contribution in [2.45, 2.75) is 6.42 Å². The van der Waals surface area contributed by atoms with Crippen LogP contribution < -0.4 is 9.80 Å². The van der Waals surface area contributed by atoms with Gasteiger partial charge in [0.05, 0.1) is 20.4 Å². The van der Waals surface area contributed by atoms with Crippen molar-refractivity contribution in [3.05, 3.63) is 266 Å². The topological polar surface area (TPSA) is 32.3 Å². The largest absolute Gasteiger partial charge is 0.310 e. The SMILES string of the molecule is c1ccc(N(c2ccc(-c3nc4ccccc4s3)cc2)c2cccc(-c3cccc(Cc4cccc(-c5cccc(N(c6ccccc6)c6ccc(-c7nc8ccccc8s7)cc6)c5)c4)c3)c2)cc1. The highest BCUT2D eigenvalue weighted by Gasteiger charge is 2.17.